The number of urea groups is 1. The van der Waals surface area contributed by atoms with E-state index in [2.05, 4.69) is 10.6 Å². The molecule has 0 bridgehead atoms. The lowest BCUT2D eigenvalue weighted by atomic mass is 10.0. The number of ether oxygens (including phenoxy) is 1. The molecule has 2 N–H and O–H groups in total. The Balaban J connectivity index is 1.78. The number of hydrogen-bond donors (Lipinski definition) is 2. The SMILES string of the molecule is Cc1cc(NC(=O)NC[C@H]2CCCOC2)ccc1Cl. The maximum Gasteiger partial charge on any atom is 0.319 e. The van der Waals surface area contributed by atoms with Crippen LogP contribution in [0.1, 0.15) is 18.4 Å². The number of benzene rings is 1. The van der Waals surface area contributed by atoms with Crippen molar-refractivity contribution in [3.63, 3.8) is 0 Å². The second-order valence-electron chi connectivity index (χ2n) is 4.88. The van der Waals surface area contributed by atoms with Gasteiger partial charge in [-0.05, 0) is 49.4 Å². The van der Waals surface area contributed by atoms with E-state index in [-0.39, 0.29) is 6.03 Å². The third-order valence-corrected chi connectivity index (χ3v) is 3.65. The van der Waals surface area contributed by atoms with Crippen LogP contribution in [0.5, 0.6) is 0 Å². The van der Waals surface area contributed by atoms with Gasteiger partial charge in [-0.25, -0.2) is 4.79 Å². The summed E-state index contributed by atoms with van der Waals surface area (Å²) in [7, 11) is 0. The molecule has 2 rings (SSSR count). The van der Waals surface area contributed by atoms with Crippen LogP contribution in [-0.2, 0) is 4.74 Å². The molecule has 104 valence electrons. The summed E-state index contributed by atoms with van der Waals surface area (Å²) in [5, 5.41) is 6.37. The first-order chi connectivity index (χ1) is 9.15. The van der Waals surface area contributed by atoms with E-state index >= 15 is 0 Å². The standard InChI is InChI=1S/C14H19ClN2O2/c1-10-7-12(4-5-13(10)15)17-14(18)16-8-11-3-2-6-19-9-11/h4-5,7,11H,2-3,6,8-9H2,1H3,(H2,16,17,18)/t11-/m1/s1. The molecular formula is C14H19ClN2O2. The van der Waals surface area contributed by atoms with Crippen molar-refractivity contribution in [2.24, 2.45) is 5.92 Å². The number of hydrogen-bond acceptors (Lipinski definition) is 2. The smallest absolute Gasteiger partial charge is 0.319 e. The molecule has 1 atom stereocenters. The number of carbonyl (C=O) groups excluding carboxylic acids is 1. The molecular weight excluding hydrogens is 264 g/mol. The van der Waals surface area contributed by atoms with Crippen LogP contribution in [0.25, 0.3) is 0 Å². The van der Waals surface area contributed by atoms with Gasteiger partial charge in [0.05, 0.1) is 6.61 Å². The Morgan fingerprint density at radius 3 is 3.05 bits per heavy atom. The minimum atomic E-state index is -0.188. The minimum absolute atomic E-state index is 0.188. The number of rotatable bonds is 3. The fourth-order valence-corrected chi connectivity index (χ4v) is 2.22. The normalized spacial score (nSPS) is 18.9. The maximum atomic E-state index is 11.8. The molecule has 1 aliphatic heterocycles. The van der Waals surface area contributed by atoms with Gasteiger partial charge in [0.2, 0.25) is 0 Å². The molecule has 5 heteroatoms. The zero-order chi connectivity index (χ0) is 13.7. The molecule has 1 saturated heterocycles. The third kappa shape index (κ3) is 4.40. The molecule has 1 aromatic carbocycles. The Labute approximate surface area is 118 Å². The molecule has 1 aromatic rings. The lowest BCUT2D eigenvalue weighted by molar-refractivity contribution is 0.0559. The predicted octanol–water partition coefficient (Wildman–Crippen LogP) is 3.20. The van der Waals surface area contributed by atoms with Crippen LogP contribution in [0.15, 0.2) is 18.2 Å². The van der Waals surface area contributed by atoms with Gasteiger partial charge in [-0.3, -0.25) is 0 Å². The van der Waals surface area contributed by atoms with Crippen molar-refractivity contribution < 1.29 is 9.53 Å². The number of aryl methyl sites for hydroxylation is 1. The van der Waals surface area contributed by atoms with Crippen LogP contribution in [-0.4, -0.2) is 25.8 Å². The molecule has 0 aliphatic carbocycles. The second kappa shape index (κ2) is 6.78. The van der Waals surface area contributed by atoms with Crippen LogP contribution in [0.2, 0.25) is 5.02 Å². The van der Waals surface area contributed by atoms with Crippen molar-refractivity contribution >= 4 is 23.3 Å². The number of nitrogens with one attached hydrogen (secondary N) is 2. The van der Waals surface area contributed by atoms with Gasteiger partial charge in [0.15, 0.2) is 0 Å². The highest BCUT2D eigenvalue weighted by Gasteiger charge is 2.14. The molecule has 0 radical (unpaired) electrons. The van der Waals surface area contributed by atoms with Crippen molar-refractivity contribution in [2.75, 3.05) is 25.1 Å². The average Bonchev–Trinajstić information content (AvgIpc) is 2.42. The van der Waals surface area contributed by atoms with Crippen molar-refractivity contribution in [1.29, 1.82) is 0 Å². The molecule has 4 nitrogen and oxygen atoms in total. The molecule has 1 aliphatic rings. The highest BCUT2D eigenvalue weighted by Crippen LogP contribution is 2.19. The fourth-order valence-electron chi connectivity index (χ4n) is 2.10. The first-order valence-corrected chi connectivity index (χ1v) is 6.91. The summed E-state index contributed by atoms with van der Waals surface area (Å²) in [5.41, 5.74) is 1.69. The lowest BCUT2D eigenvalue weighted by Gasteiger charge is -2.22. The van der Waals surface area contributed by atoms with Gasteiger partial charge in [0.1, 0.15) is 0 Å². The minimum Gasteiger partial charge on any atom is -0.381 e. The van der Waals surface area contributed by atoms with E-state index in [9.17, 15) is 4.79 Å². The van der Waals surface area contributed by atoms with E-state index in [1.807, 2.05) is 13.0 Å². The second-order valence-corrected chi connectivity index (χ2v) is 5.29. The maximum absolute atomic E-state index is 11.8. The molecule has 19 heavy (non-hydrogen) atoms. The van der Waals surface area contributed by atoms with Gasteiger partial charge >= 0.3 is 6.03 Å². The largest absolute Gasteiger partial charge is 0.381 e. The fraction of sp³-hybridized carbons (Fsp3) is 0.500. The zero-order valence-corrected chi connectivity index (χ0v) is 11.8. The topological polar surface area (TPSA) is 50.4 Å². The van der Waals surface area contributed by atoms with Crippen LogP contribution >= 0.6 is 11.6 Å². The summed E-state index contributed by atoms with van der Waals surface area (Å²) >= 11 is 5.94. The monoisotopic (exact) mass is 282 g/mol. The Morgan fingerprint density at radius 2 is 2.37 bits per heavy atom. The van der Waals surface area contributed by atoms with E-state index in [0.29, 0.717) is 17.5 Å². The van der Waals surface area contributed by atoms with Gasteiger partial charge in [0, 0.05) is 23.9 Å². The molecule has 1 fully saturated rings. The number of carbonyl (C=O) groups is 1. The summed E-state index contributed by atoms with van der Waals surface area (Å²) < 4.78 is 5.38. The van der Waals surface area contributed by atoms with Crippen LogP contribution in [0.3, 0.4) is 0 Å². The highest BCUT2D eigenvalue weighted by molar-refractivity contribution is 6.31. The molecule has 1 heterocycles. The summed E-state index contributed by atoms with van der Waals surface area (Å²) in [6.45, 7) is 4.14. The van der Waals surface area contributed by atoms with Gasteiger partial charge in [-0.2, -0.15) is 0 Å². The van der Waals surface area contributed by atoms with Crippen LogP contribution < -0.4 is 10.6 Å². The third-order valence-electron chi connectivity index (χ3n) is 3.22. The van der Waals surface area contributed by atoms with Crippen molar-refractivity contribution in [1.82, 2.24) is 5.32 Å². The van der Waals surface area contributed by atoms with Crippen molar-refractivity contribution in [3.8, 4) is 0 Å². The lowest BCUT2D eigenvalue weighted by Crippen LogP contribution is -2.35. The predicted molar refractivity (Wildman–Crippen MR) is 76.8 cm³/mol. The molecule has 0 saturated carbocycles. The van der Waals surface area contributed by atoms with E-state index in [1.165, 1.54) is 0 Å². The first-order valence-electron chi connectivity index (χ1n) is 6.54. The molecule has 0 aromatic heterocycles. The van der Waals surface area contributed by atoms with Crippen molar-refractivity contribution in [2.45, 2.75) is 19.8 Å². The summed E-state index contributed by atoms with van der Waals surface area (Å²) in [6, 6.07) is 5.23. The van der Waals surface area contributed by atoms with Crippen LogP contribution in [0, 0.1) is 12.8 Å². The van der Waals surface area contributed by atoms with Gasteiger partial charge in [-0.1, -0.05) is 11.6 Å². The molecule has 0 unspecified atom stereocenters. The summed E-state index contributed by atoms with van der Waals surface area (Å²) in [6.07, 6.45) is 2.19. The van der Waals surface area contributed by atoms with Crippen LogP contribution in [0.4, 0.5) is 10.5 Å². The molecule has 0 spiro atoms. The average molecular weight is 283 g/mol. The van der Waals surface area contributed by atoms with Crippen molar-refractivity contribution in [3.05, 3.63) is 28.8 Å². The Bertz CT molecular complexity index is 445. The van der Waals surface area contributed by atoms with E-state index in [1.54, 1.807) is 12.1 Å². The van der Waals surface area contributed by atoms with Gasteiger partial charge < -0.3 is 15.4 Å². The summed E-state index contributed by atoms with van der Waals surface area (Å²) in [5.74, 6) is 0.423. The zero-order valence-electron chi connectivity index (χ0n) is 11.0. The quantitative estimate of drug-likeness (QED) is 0.894. The highest BCUT2D eigenvalue weighted by atomic mass is 35.5. The van der Waals surface area contributed by atoms with E-state index in [4.69, 9.17) is 16.3 Å². The number of halogens is 1. The first kappa shape index (κ1) is 14.2. The Kier molecular flexibility index (Phi) is 5.05. The molecule has 2 amide bonds. The Hall–Kier alpha value is -1.26. The number of amides is 2. The summed E-state index contributed by atoms with van der Waals surface area (Å²) in [4.78, 5) is 11.8. The van der Waals surface area contributed by atoms with Gasteiger partial charge in [0.25, 0.3) is 0 Å². The van der Waals surface area contributed by atoms with Gasteiger partial charge in [-0.15, -0.1) is 0 Å². The Morgan fingerprint density at radius 1 is 1.53 bits per heavy atom. The number of anilines is 1. The van der Waals surface area contributed by atoms with E-state index < -0.39 is 0 Å². The van der Waals surface area contributed by atoms with E-state index in [0.717, 1.165) is 37.3 Å².